The Morgan fingerprint density at radius 3 is 2.20 bits per heavy atom. The largest absolute Gasteiger partial charge is 0.368 e. The number of carbonyl (C=O) groups is 2. The maximum absolute atomic E-state index is 13.4. The zero-order valence-electron chi connectivity index (χ0n) is 19.5. The van der Waals surface area contributed by atoms with Crippen molar-refractivity contribution < 1.29 is 9.59 Å². The Bertz CT molecular complexity index is 1300. The standard InChI is InChI=1S/C29H28N4O2/c34-21-23(19-22-9-3-1-4-10-22)30-29(35)26-20-28(31-27-14-8-7-13-25(26)27)33-17-15-32(16-18-33)24-11-5-2-6-12-24/h1-14,20-21,23H,15-19H2,(H,30,35). The number of piperazine rings is 1. The predicted molar refractivity (Wildman–Crippen MR) is 140 cm³/mol. The lowest BCUT2D eigenvalue weighted by Crippen LogP contribution is -2.47. The van der Waals surface area contributed by atoms with Crippen molar-refractivity contribution >= 4 is 34.6 Å². The van der Waals surface area contributed by atoms with Crippen molar-refractivity contribution in [1.82, 2.24) is 10.3 Å². The number of pyridine rings is 1. The number of hydrogen-bond donors (Lipinski definition) is 1. The molecular formula is C29H28N4O2. The molecule has 1 N–H and O–H groups in total. The third-order valence-corrected chi connectivity index (χ3v) is 6.45. The molecule has 6 nitrogen and oxygen atoms in total. The second-order valence-corrected chi connectivity index (χ2v) is 8.76. The zero-order valence-corrected chi connectivity index (χ0v) is 19.5. The van der Waals surface area contributed by atoms with Crippen LogP contribution in [0.4, 0.5) is 11.5 Å². The Hall–Kier alpha value is -4.19. The van der Waals surface area contributed by atoms with Gasteiger partial charge in [-0.1, -0.05) is 66.7 Å². The van der Waals surface area contributed by atoms with Crippen LogP contribution in [0.5, 0.6) is 0 Å². The molecule has 176 valence electrons. The van der Waals surface area contributed by atoms with E-state index in [0.29, 0.717) is 12.0 Å². The fourth-order valence-electron chi connectivity index (χ4n) is 4.59. The molecule has 3 aromatic carbocycles. The van der Waals surface area contributed by atoms with Crippen LogP contribution in [-0.2, 0) is 11.2 Å². The van der Waals surface area contributed by atoms with Gasteiger partial charge in [0.15, 0.2) is 0 Å². The average Bonchev–Trinajstić information content (AvgIpc) is 2.93. The van der Waals surface area contributed by atoms with E-state index < -0.39 is 6.04 Å². The molecule has 2 heterocycles. The Balaban J connectivity index is 1.36. The van der Waals surface area contributed by atoms with Gasteiger partial charge in [0.1, 0.15) is 12.1 Å². The number of benzene rings is 3. The van der Waals surface area contributed by atoms with Crippen LogP contribution in [0.3, 0.4) is 0 Å². The lowest BCUT2D eigenvalue weighted by Gasteiger charge is -2.37. The van der Waals surface area contributed by atoms with E-state index in [1.807, 2.05) is 66.7 Å². The Morgan fingerprint density at radius 1 is 0.857 bits per heavy atom. The molecule has 5 rings (SSSR count). The van der Waals surface area contributed by atoms with Crippen molar-refractivity contribution in [2.75, 3.05) is 36.0 Å². The number of aromatic nitrogens is 1. The minimum absolute atomic E-state index is 0.263. The number of para-hydroxylation sites is 2. The molecule has 4 aromatic rings. The van der Waals surface area contributed by atoms with Crippen molar-refractivity contribution in [1.29, 1.82) is 0 Å². The minimum atomic E-state index is -0.602. The third-order valence-electron chi connectivity index (χ3n) is 6.45. The van der Waals surface area contributed by atoms with Crippen LogP contribution >= 0.6 is 0 Å². The van der Waals surface area contributed by atoms with Crippen LogP contribution in [0.15, 0.2) is 91.0 Å². The number of nitrogens with one attached hydrogen (secondary N) is 1. The van der Waals surface area contributed by atoms with Crippen LogP contribution in [-0.4, -0.2) is 49.4 Å². The first kappa shape index (κ1) is 22.6. The van der Waals surface area contributed by atoms with Crippen LogP contribution in [0, 0.1) is 0 Å². The van der Waals surface area contributed by atoms with Crippen LogP contribution in [0.25, 0.3) is 10.9 Å². The highest BCUT2D eigenvalue weighted by atomic mass is 16.2. The summed E-state index contributed by atoms with van der Waals surface area (Å²) in [5.74, 6) is 0.521. The van der Waals surface area contributed by atoms with Gasteiger partial charge in [0.05, 0.1) is 17.1 Å². The molecule has 1 saturated heterocycles. The number of carbonyl (C=O) groups excluding carboxylic acids is 2. The van der Waals surface area contributed by atoms with Crippen molar-refractivity contribution in [2.24, 2.45) is 0 Å². The lowest BCUT2D eigenvalue weighted by molar-refractivity contribution is -0.109. The SMILES string of the molecule is O=CC(Cc1ccccc1)NC(=O)c1cc(N2CCN(c3ccccc3)CC2)nc2ccccc12. The quantitative estimate of drug-likeness (QED) is 0.417. The normalized spacial score (nSPS) is 14.5. The zero-order chi connectivity index (χ0) is 24.0. The molecule has 1 aliphatic heterocycles. The van der Waals surface area contributed by atoms with Gasteiger partial charge in [-0.2, -0.15) is 0 Å². The number of nitrogens with zero attached hydrogens (tertiary/aromatic N) is 3. The maximum atomic E-state index is 13.4. The molecule has 1 aliphatic rings. The molecule has 0 radical (unpaired) electrons. The lowest BCUT2D eigenvalue weighted by atomic mass is 10.0. The van der Waals surface area contributed by atoms with Crippen molar-refractivity contribution in [2.45, 2.75) is 12.5 Å². The summed E-state index contributed by atoms with van der Waals surface area (Å²) < 4.78 is 0. The van der Waals surface area contributed by atoms with E-state index in [-0.39, 0.29) is 5.91 Å². The highest BCUT2D eigenvalue weighted by Gasteiger charge is 2.22. The van der Waals surface area contributed by atoms with Crippen LogP contribution < -0.4 is 15.1 Å². The van der Waals surface area contributed by atoms with Crippen molar-refractivity contribution in [3.05, 3.63) is 102 Å². The summed E-state index contributed by atoms with van der Waals surface area (Å²) in [6, 6.07) is 29.0. The number of anilines is 2. The molecule has 0 spiro atoms. The summed E-state index contributed by atoms with van der Waals surface area (Å²) in [5, 5.41) is 3.70. The fraction of sp³-hybridized carbons (Fsp3) is 0.207. The molecule has 35 heavy (non-hydrogen) atoms. The Kier molecular flexibility index (Phi) is 6.70. The van der Waals surface area contributed by atoms with Crippen molar-refractivity contribution in [3.8, 4) is 0 Å². The first-order chi connectivity index (χ1) is 17.2. The van der Waals surface area contributed by atoms with Gasteiger partial charge in [-0.05, 0) is 36.2 Å². The highest BCUT2D eigenvalue weighted by molar-refractivity contribution is 6.07. The maximum Gasteiger partial charge on any atom is 0.252 e. The number of amides is 1. The molecule has 0 aliphatic carbocycles. The molecule has 0 bridgehead atoms. The van der Waals surface area contributed by atoms with Gasteiger partial charge in [0.25, 0.3) is 5.91 Å². The molecule has 0 saturated carbocycles. The second-order valence-electron chi connectivity index (χ2n) is 8.76. The minimum Gasteiger partial charge on any atom is -0.368 e. The summed E-state index contributed by atoms with van der Waals surface area (Å²) in [4.78, 5) is 34.6. The smallest absolute Gasteiger partial charge is 0.252 e. The number of fused-ring (bicyclic) bond motifs is 1. The monoisotopic (exact) mass is 464 g/mol. The molecule has 1 fully saturated rings. The first-order valence-electron chi connectivity index (χ1n) is 12.0. The molecule has 1 atom stereocenters. The molecule has 1 amide bonds. The van der Waals surface area contributed by atoms with Gasteiger partial charge in [-0.25, -0.2) is 4.98 Å². The summed E-state index contributed by atoms with van der Waals surface area (Å²) in [5.41, 5.74) is 3.53. The van der Waals surface area contributed by atoms with Gasteiger partial charge in [0.2, 0.25) is 0 Å². The summed E-state index contributed by atoms with van der Waals surface area (Å²) in [6.45, 7) is 3.38. The van der Waals surface area contributed by atoms with Gasteiger partial charge in [-0.3, -0.25) is 4.79 Å². The third kappa shape index (κ3) is 5.17. The molecular weight excluding hydrogens is 436 g/mol. The van der Waals surface area contributed by atoms with Gasteiger partial charge in [-0.15, -0.1) is 0 Å². The Labute approximate surface area is 205 Å². The van der Waals surface area contributed by atoms with E-state index in [1.165, 1.54) is 5.69 Å². The van der Waals surface area contributed by atoms with Crippen molar-refractivity contribution in [3.63, 3.8) is 0 Å². The van der Waals surface area contributed by atoms with Gasteiger partial charge in [0, 0.05) is 37.3 Å². The molecule has 6 heteroatoms. The van der Waals surface area contributed by atoms with Gasteiger partial charge >= 0.3 is 0 Å². The van der Waals surface area contributed by atoms with E-state index >= 15 is 0 Å². The van der Waals surface area contributed by atoms with E-state index in [9.17, 15) is 9.59 Å². The Morgan fingerprint density at radius 2 is 1.49 bits per heavy atom. The average molecular weight is 465 g/mol. The first-order valence-corrected chi connectivity index (χ1v) is 12.0. The van der Waals surface area contributed by atoms with E-state index in [2.05, 4.69) is 39.4 Å². The fourth-order valence-corrected chi connectivity index (χ4v) is 4.59. The molecule has 1 aromatic heterocycles. The second kappa shape index (κ2) is 10.4. The topological polar surface area (TPSA) is 65.5 Å². The highest BCUT2D eigenvalue weighted by Crippen LogP contribution is 2.25. The molecule has 1 unspecified atom stereocenters. The van der Waals surface area contributed by atoms with E-state index in [4.69, 9.17) is 4.98 Å². The number of hydrogen-bond acceptors (Lipinski definition) is 5. The summed E-state index contributed by atoms with van der Waals surface area (Å²) in [6.07, 6.45) is 1.26. The number of rotatable bonds is 7. The summed E-state index contributed by atoms with van der Waals surface area (Å²) in [7, 11) is 0. The van der Waals surface area contributed by atoms with Crippen LogP contribution in [0.2, 0.25) is 0 Å². The van der Waals surface area contributed by atoms with Crippen LogP contribution in [0.1, 0.15) is 15.9 Å². The van der Waals surface area contributed by atoms with E-state index in [0.717, 1.165) is 54.7 Å². The summed E-state index contributed by atoms with van der Waals surface area (Å²) >= 11 is 0. The van der Waals surface area contributed by atoms with Gasteiger partial charge < -0.3 is 19.9 Å². The predicted octanol–water partition coefficient (Wildman–Crippen LogP) is 4.10. The number of aldehydes is 1. The van der Waals surface area contributed by atoms with E-state index in [1.54, 1.807) is 0 Å².